The minimum atomic E-state index is -0.480. The number of nitrogens with zero attached hydrogens (tertiary/aromatic N) is 2. The Labute approximate surface area is 167 Å². The fraction of sp³-hybridized carbons (Fsp3) is 0.0588. The van der Waals surface area contributed by atoms with Gasteiger partial charge in [-0.3, -0.25) is 14.9 Å². The van der Waals surface area contributed by atoms with E-state index in [0.717, 1.165) is 4.70 Å². The number of fused-ring (bicyclic) bond motifs is 1. The van der Waals surface area contributed by atoms with Crippen LogP contribution in [0.4, 0.5) is 5.69 Å². The van der Waals surface area contributed by atoms with Crippen LogP contribution >= 0.6 is 34.5 Å². The second-order valence-corrected chi connectivity index (χ2v) is 7.20. The molecule has 0 saturated heterocycles. The first-order valence-electron chi connectivity index (χ1n) is 7.43. The van der Waals surface area contributed by atoms with Gasteiger partial charge in [-0.25, -0.2) is 5.43 Å². The van der Waals surface area contributed by atoms with Gasteiger partial charge >= 0.3 is 0 Å². The molecule has 0 aliphatic carbocycles. The lowest BCUT2D eigenvalue weighted by molar-refractivity contribution is -0.384. The summed E-state index contributed by atoms with van der Waals surface area (Å²) >= 11 is 13.3. The van der Waals surface area contributed by atoms with Crippen molar-refractivity contribution in [1.82, 2.24) is 5.43 Å². The number of nitro groups is 1. The maximum absolute atomic E-state index is 12.2. The summed E-state index contributed by atoms with van der Waals surface area (Å²) in [6, 6.07) is 9.21. The fourth-order valence-corrected chi connectivity index (χ4v) is 3.92. The normalized spacial score (nSPS) is 11.1. The van der Waals surface area contributed by atoms with Crippen LogP contribution in [0, 0.1) is 10.1 Å². The number of non-ortho nitro benzene ring substituents is 1. The number of hydrogen-bond donors (Lipinski definition) is 1. The maximum Gasteiger partial charge on any atom is 0.281 e. The number of nitrogens with one attached hydrogen (secondary N) is 1. The van der Waals surface area contributed by atoms with Crippen molar-refractivity contribution in [2.45, 2.75) is 0 Å². The third kappa shape index (κ3) is 4.19. The van der Waals surface area contributed by atoms with Crippen molar-refractivity contribution in [3.63, 3.8) is 0 Å². The van der Waals surface area contributed by atoms with Gasteiger partial charge in [0, 0.05) is 22.2 Å². The zero-order chi connectivity index (χ0) is 19.6. The lowest BCUT2D eigenvalue weighted by atomic mass is 10.2. The van der Waals surface area contributed by atoms with Gasteiger partial charge in [-0.2, -0.15) is 5.10 Å². The average Bonchev–Trinajstić information content (AvgIpc) is 3.04. The van der Waals surface area contributed by atoms with Crippen LogP contribution in [0.3, 0.4) is 0 Å². The lowest BCUT2D eigenvalue weighted by Crippen LogP contribution is -2.16. The first-order valence-corrected chi connectivity index (χ1v) is 9.00. The van der Waals surface area contributed by atoms with E-state index in [1.807, 2.05) is 0 Å². The molecule has 7 nitrogen and oxygen atoms in total. The third-order valence-electron chi connectivity index (χ3n) is 3.54. The molecule has 0 aliphatic heterocycles. The highest BCUT2D eigenvalue weighted by Gasteiger charge is 2.13. The van der Waals surface area contributed by atoms with Gasteiger partial charge in [0.1, 0.15) is 0 Å². The number of nitro benzene ring substituents is 1. The second kappa shape index (κ2) is 7.91. The summed E-state index contributed by atoms with van der Waals surface area (Å²) in [7, 11) is 1.46. The number of carbonyl (C=O) groups is 1. The largest absolute Gasteiger partial charge is 0.494 e. The molecule has 138 valence electrons. The molecule has 0 saturated carbocycles. The van der Waals surface area contributed by atoms with Gasteiger partial charge in [0.15, 0.2) is 5.75 Å². The Balaban J connectivity index is 1.75. The Morgan fingerprint density at radius 3 is 2.59 bits per heavy atom. The van der Waals surface area contributed by atoms with E-state index in [4.69, 9.17) is 27.9 Å². The van der Waals surface area contributed by atoms with E-state index in [9.17, 15) is 14.9 Å². The number of carbonyl (C=O) groups excluding carboxylic acids is 1. The van der Waals surface area contributed by atoms with Crippen LogP contribution in [-0.4, -0.2) is 24.2 Å². The lowest BCUT2D eigenvalue weighted by Gasteiger charge is -2.06. The highest BCUT2D eigenvalue weighted by atomic mass is 35.5. The van der Waals surface area contributed by atoms with Crippen LogP contribution in [-0.2, 0) is 0 Å². The molecule has 10 heteroatoms. The Kier molecular flexibility index (Phi) is 5.59. The quantitative estimate of drug-likeness (QED) is 0.359. The van der Waals surface area contributed by atoms with E-state index in [1.165, 1.54) is 36.8 Å². The highest BCUT2D eigenvalue weighted by molar-refractivity contribution is 7.20. The van der Waals surface area contributed by atoms with Crippen LogP contribution in [0.15, 0.2) is 41.5 Å². The Morgan fingerprint density at radius 1 is 1.26 bits per heavy atom. The molecule has 1 amide bonds. The molecule has 0 bridgehead atoms. The number of rotatable bonds is 5. The summed E-state index contributed by atoms with van der Waals surface area (Å²) < 4.78 is 5.83. The molecule has 3 aromatic rings. The molecule has 0 fully saturated rings. The molecular weight excluding hydrogens is 413 g/mol. The van der Waals surface area contributed by atoms with Gasteiger partial charge < -0.3 is 4.74 Å². The smallest absolute Gasteiger partial charge is 0.281 e. The van der Waals surface area contributed by atoms with Crippen LogP contribution in [0.25, 0.3) is 10.1 Å². The number of methoxy groups -OCH3 is 1. The van der Waals surface area contributed by atoms with E-state index in [0.29, 0.717) is 31.6 Å². The molecule has 3 rings (SSSR count). The second-order valence-electron chi connectivity index (χ2n) is 5.31. The van der Waals surface area contributed by atoms with Gasteiger partial charge in [0.2, 0.25) is 0 Å². The number of hydrazone groups is 1. The molecule has 0 aliphatic rings. The van der Waals surface area contributed by atoms with Crippen molar-refractivity contribution in [3.05, 3.63) is 67.0 Å². The summed E-state index contributed by atoms with van der Waals surface area (Å²) in [5, 5.41) is 16.0. The van der Waals surface area contributed by atoms with Crippen LogP contribution in [0.5, 0.6) is 5.75 Å². The molecular formula is C17H11Cl2N3O4S. The fourth-order valence-electron chi connectivity index (χ4n) is 2.33. The van der Waals surface area contributed by atoms with Crippen molar-refractivity contribution in [2.75, 3.05) is 7.11 Å². The summed E-state index contributed by atoms with van der Waals surface area (Å²) in [5.74, 6) is -0.0697. The van der Waals surface area contributed by atoms with E-state index in [1.54, 1.807) is 24.3 Å². The van der Waals surface area contributed by atoms with Crippen LogP contribution in [0.2, 0.25) is 10.0 Å². The SMILES string of the molecule is COc1c(Cl)cc(C=NNC(=O)c2cc3cc([N+](=O)[O-])ccc3s2)cc1Cl. The summed E-state index contributed by atoms with van der Waals surface area (Å²) in [6.07, 6.45) is 1.40. The van der Waals surface area contributed by atoms with E-state index in [2.05, 4.69) is 10.5 Å². The van der Waals surface area contributed by atoms with E-state index in [-0.39, 0.29) is 5.69 Å². The molecule has 1 aromatic heterocycles. The maximum atomic E-state index is 12.2. The Morgan fingerprint density at radius 2 is 1.96 bits per heavy atom. The first-order chi connectivity index (χ1) is 12.9. The van der Waals surface area contributed by atoms with Crippen LogP contribution in [0.1, 0.15) is 15.2 Å². The van der Waals surface area contributed by atoms with Crippen molar-refractivity contribution >= 4 is 62.4 Å². The minimum absolute atomic E-state index is 0.0291. The minimum Gasteiger partial charge on any atom is -0.494 e. The van der Waals surface area contributed by atoms with E-state index >= 15 is 0 Å². The highest BCUT2D eigenvalue weighted by Crippen LogP contribution is 2.33. The van der Waals surface area contributed by atoms with Crippen molar-refractivity contribution in [1.29, 1.82) is 0 Å². The van der Waals surface area contributed by atoms with Gasteiger partial charge in [0.25, 0.3) is 11.6 Å². The van der Waals surface area contributed by atoms with Gasteiger partial charge in [-0.15, -0.1) is 11.3 Å². The number of ether oxygens (including phenoxy) is 1. The summed E-state index contributed by atoms with van der Waals surface area (Å²) in [6.45, 7) is 0. The number of thiophene rings is 1. The molecule has 0 unspecified atom stereocenters. The van der Waals surface area contributed by atoms with Crippen molar-refractivity contribution in [3.8, 4) is 5.75 Å². The standard InChI is InChI=1S/C17H11Cl2N3O4S/c1-26-16-12(18)4-9(5-13(16)19)8-20-21-17(23)15-7-10-6-11(22(24)25)2-3-14(10)27-15/h2-8H,1H3,(H,21,23). The number of amides is 1. The molecule has 0 spiro atoms. The van der Waals surface area contributed by atoms with Gasteiger partial charge in [0.05, 0.1) is 33.2 Å². The van der Waals surface area contributed by atoms with Gasteiger partial charge in [-0.1, -0.05) is 23.2 Å². The predicted octanol–water partition coefficient (Wildman–Crippen LogP) is 4.89. The van der Waals surface area contributed by atoms with Crippen molar-refractivity contribution < 1.29 is 14.5 Å². The topological polar surface area (TPSA) is 93.8 Å². The molecule has 27 heavy (non-hydrogen) atoms. The van der Waals surface area contributed by atoms with Crippen molar-refractivity contribution in [2.24, 2.45) is 5.10 Å². The first kappa shape index (κ1) is 19.1. The zero-order valence-electron chi connectivity index (χ0n) is 13.7. The number of benzene rings is 2. The average molecular weight is 424 g/mol. The molecule has 1 N–H and O–H groups in total. The zero-order valence-corrected chi connectivity index (χ0v) is 16.1. The molecule has 0 radical (unpaired) electrons. The summed E-state index contributed by atoms with van der Waals surface area (Å²) in [5.41, 5.74) is 2.96. The molecule has 1 heterocycles. The summed E-state index contributed by atoms with van der Waals surface area (Å²) in [4.78, 5) is 23.0. The Bertz CT molecular complexity index is 1060. The Hall–Kier alpha value is -2.68. The molecule has 2 aromatic carbocycles. The predicted molar refractivity (Wildman–Crippen MR) is 107 cm³/mol. The molecule has 0 atom stereocenters. The van der Waals surface area contributed by atoms with E-state index < -0.39 is 10.8 Å². The van der Waals surface area contributed by atoms with Crippen LogP contribution < -0.4 is 10.2 Å². The third-order valence-corrected chi connectivity index (χ3v) is 5.22. The number of halogens is 2. The monoisotopic (exact) mass is 423 g/mol. The number of hydrogen-bond acceptors (Lipinski definition) is 6. The van der Waals surface area contributed by atoms with Gasteiger partial charge in [-0.05, 0) is 29.8 Å².